The number of rotatable bonds is 4. The maximum atomic E-state index is 12.3. The van der Waals surface area contributed by atoms with Gasteiger partial charge in [0.25, 0.3) is 0 Å². The number of nitrogens with zero attached hydrogens (tertiary/aromatic N) is 2. The van der Waals surface area contributed by atoms with Crippen molar-refractivity contribution in [2.45, 2.75) is 24.0 Å². The molecule has 9 heteroatoms. The summed E-state index contributed by atoms with van der Waals surface area (Å²) in [6.45, 7) is 3.81. The van der Waals surface area contributed by atoms with Crippen molar-refractivity contribution < 1.29 is 4.21 Å². The molecule has 120 valence electrons. The van der Waals surface area contributed by atoms with Gasteiger partial charge in [-0.2, -0.15) is 4.98 Å². The minimum absolute atomic E-state index is 0.0161. The topological polar surface area (TPSA) is 54.9 Å². The van der Waals surface area contributed by atoms with Gasteiger partial charge >= 0.3 is 0 Å². The van der Waals surface area contributed by atoms with E-state index in [0.717, 1.165) is 0 Å². The highest BCUT2D eigenvalue weighted by Crippen LogP contribution is 2.28. The lowest BCUT2D eigenvalue weighted by Gasteiger charge is -2.13. The second kappa shape index (κ2) is 9.62. The molecule has 1 aromatic carbocycles. The predicted molar refractivity (Wildman–Crippen MR) is 101 cm³/mol. The highest BCUT2D eigenvalue weighted by atomic mass is 35.5. The number of aromatic nitrogens is 2. The van der Waals surface area contributed by atoms with Gasteiger partial charge < -0.3 is 5.32 Å². The standard InChI is InChI=1S/C13H13Cl2N3OS.H2S2/c1-8(2)20(19)11-6-4-3-5-10(11)17-12-9(14)7-16-13(15)18-12;1-2/h3-8H,1-2H3,(H,16,17,18);1-2H. The molecule has 1 heterocycles. The van der Waals surface area contributed by atoms with Gasteiger partial charge in [-0.3, -0.25) is 4.21 Å². The minimum atomic E-state index is -1.11. The molecule has 2 rings (SSSR count). The van der Waals surface area contributed by atoms with E-state index >= 15 is 0 Å². The van der Waals surface area contributed by atoms with Gasteiger partial charge in [-0.05, 0) is 23.7 Å². The highest BCUT2D eigenvalue weighted by molar-refractivity contribution is 8.59. The van der Waals surface area contributed by atoms with Gasteiger partial charge in [0, 0.05) is 5.25 Å². The van der Waals surface area contributed by atoms with Crippen molar-refractivity contribution in [1.82, 2.24) is 9.97 Å². The third-order valence-electron chi connectivity index (χ3n) is 2.50. The maximum Gasteiger partial charge on any atom is 0.224 e. The number of hydrogen-bond acceptors (Lipinski definition) is 6. The average molecular weight is 396 g/mol. The summed E-state index contributed by atoms with van der Waals surface area (Å²) in [5, 5.41) is 3.52. The Balaban J connectivity index is 0.00000116. The highest BCUT2D eigenvalue weighted by Gasteiger charge is 2.14. The zero-order chi connectivity index (χ0) is 16.7. The van der Waals surface area contributed by atoms with Crippen LogP contribution in [0.3, 0.4) is 0 Å². The summed E-state index contributed by atoms with van der Waals surface area (Å²) >= 11 is 18.2. The molecule has 0 aliphatic heterocycles. The van der Waals surface area contributed by atoms with Crippen molar-refractivity contribution in [1.29, 1.82) is 0 Å². The number of halogens is 2. The summed E-state index contributed by atoms with van der Waals surface area (Å²) in [6.07, 6.45) is 1.42. The molecule has 2 aromatic rings. The molecule has 0 aliphatic carbocycles. The van der Waals surface area contributed by atoms with Crippen LogP contribution in [0.1, 0.15) is 13.8 Å². The number of para-hydroxylation sites is 1. The van der Waals surface area contributed by atoms with Crippen LogP contribution in [-0.4, -0.2) is 19.4 Å². The molecular weight excluding hydrogens is 381 g/mol. The normalized spacial score (nSPS) is 11.6. The largest absolute Gasteiger partial charge is 0.338 e. The van der Waals surface area contributed by atoms with Gasteiger partial charge in [0.2, 0.25) is 5.28 Å². The van der Waals surface area contributed by atoms with Crippen LogP contribution in [0.5, 0.6) is 0 Å². The van der Waals surface area contributed by atoms with Crippen molar-refractivity contribution in [2.24, 2.45) is 0 Å². The molecule has 1 N–H and O–H groups in total. The summed E-state index contributed by atoms with van der Waals surface area (Å²) in [6, 6.07) is 7.33. The third kappa shape index (κ3) is 5.31. The maximum absolute atomic E-state index is 12.3. The summed E-state index contributed by atoms with van der Waals surface area (Å²) in [7, 11) is -1.11. The second-order valence-corrected chi connectivity index (χ2v) is 7.03. The zero-order valence-electron chi connectivity index (χ0n) is 11.8. The molecule has 0 amide bonds. The van der Waals surface area contributed by atoms with E-state index in [1.165, 1.54) is 6.20 Å². The van der Waals surface area contributed by atoms with E-state index in [-0.39, 0.29) is 10.5 Å². The molecule has 1 aromatic heterocycles. The Kier molecular flexibility index (Phi) is 8.56. The number of benzene rings is 1. The Morgan fingerprint density at radius 1 is 1.23 bits per heavy atom. The predicted octanol–water partition coefficient (Wildman–Crippen LogP) is 4.80. The van der Waals surface area contributed by atoms with Crippen LogP contribution >= 0.6 is 46.5 Å². The molecule has 0 spiro atoms. The van der Waals surface area contributed by atoms with Crippen molar-refractivity contribution >= 4 is 68.8 Å². The molecule has 1 unspecified atom stereocenters. The SMILES string of the molecule is CC(C)S(=O)c1ccccc1Nc1nc(Cl)ncc1Cl.SS. The van der Waals surface area contributed by atoms with Crippen molar-refractivity contribution in [3.8, 4) is 0 Å². The molecule has 0 fully saturated rings. The lowest BCUT2D eigenvalue weighted by atomic mass is 10.3. The lowest BCUT2D eigenvalue weighted by molar-refractivity contribution is 0.677. The smallest absolute Gasteiger partial charge is 0.224 e. The third-order valence-corrected chi connectivity index (χ3v) is 4.60. The lowest BCUT2D eigenvalue weighted by Crippen LogP contribution is -2.08. The molecule has 1 atom stereocenters. The van der Waals surface area contributed by atoms with Crippen molar-refractivity contribution in [3.05, 3.63) is 40.8 Å². The Hall–Kier alpha value is -0.470. The Morgan fingerprint density at radius 3 is 2.50 bits per heavy atom. The number of thiol groups is 2. The molecule has 0 radical (unpaired) electrons. The molecule has 22 heavy (non-hydrogen) atoms. The first kappa shape index (κ1) is 19.6. The fourth-order valence-electron chi connectivity index (χ4n) is 1.56. The van der Waals surface area contributed by atoms with E-state index in [9.17, 15) is 4.21 Å². The molecule has 0 bridgehead atoms. The Bertz CT molecular complexity index is 656. The first-order valence-electron chi connectivity index (χ1n) is 6.13. The van der Waals surface area contributed by atoms with Gasteiger partial charge in [0.1, 0.15) is 5.02 Å². The van der Waals surface area contributed by atoms with Crippen LogP contribution in [0.2, 0.25) is 10.3 Å². The summed E-state index contributed by atoms with van der Waals surface area (Å²) in [5.41, 5.74) is 0.691. The van der Waals surface area contributed by atoms with E-state index in [1.54, 1.807) is 0 Å². The van der Waals surface area contributed by atoms with Crippen LogP contribution in [0.4, 0.5) is 11.5 Å². The van der Waals surface area contributed by atoms with Crippen LogP contribution < -0.4 is 5.32 Å². The van der Waals surface area contributed by atoms with Gasteiger partial charge in [0.15, 0.2) is 5.82 Å². The van der Waals surface area contributed by atoms with E-state index in [4.69, 9.17) is 23.2 Å². The van der Waals surface area contributed by atoms with Gasteiger partial charge in [-0.25, -0.2) is 4.98 Å². The molecule has 4 nitrogen and oxygen atoms in total. The molecule has 0 saturated heterocycles. The fourth-order valence-corrected chi connectivity index (χ4v) is 2.89. The van der Waals surface area contributed by atoms with E-state index in [0.29, 0.717) is 21.4 Å². The molecule has 0 saturated carbocycles. The van der Waals surface area contributed by atoms with Crippen LogP contribution in [-0.2, 0) is 10.8 Å². The van der Waals surface area contributed by atoms with Crippen LogP contribution in [0.25, 0.3) is 0 Å². The van der Waals surface area contributed by atoms with Gasteiger partial charge in [-0.1, -0.05) is 37.6 Å². The fraction of sp³-hybridized carbons (Fsp3) is 0.231. The van der Waals surface area contributed by atoms with Crippen LogP contribution in [0, 0.1) is 0 Å². The molecular formula is C13H15Cl2N3OS3. The molecule has 0 aliphatic rings. The minimum Gasteiger partial charge on any atom is -0.338 e. The Morgan fingerprint density at radius 2 is 1.86 bits per heavy atom. The average Bonchev–Trinajstić information content (AvgIpc) is 2.52. The van der Waals surface area contributed by atoms with Crippen LogP contribution in [0.15, 0.2) is 35.4 Å². The van der Waals surface area contributed by atoms with Crippen molar-refractivity contribution in [3.63, 3.8) is 0 Å². The monoisotopic (exact) mass is 395 g/mol. The van der Waals surface area contributed by atoms with E-state index in [2.05, 4.69) is 38.6 Å². The number of anilines is 2. The summed E-state index contributed by atoms with van der Waals surface area (Å²) < 4.78 is 12.3. The van der Waals surface area contributed by atoms with Crippen molar-refractivity contribution in [2.75, 3.05) is 5.32 Å². The Labute approximate surface area is 152 Å². The van der Waals surface area contributed by atoms with Gasteiger partial charge in [-0.15, -0.1) is 23.3 Å². The quantitative estimate of drug-likeness (QED) is 0.395. The zero-order valence-corrected chi connectivity index (χ0v) is 15.9. The summed E-state index contributed by atoms with van der Waals surface area (Å²) in [4.78, 5) is 8.52. The summed E-state index contributed by atoms with van der Waals surface area (Å²) in [5.74, 6) is 0.389. The second-order valence-electron chi connectivity index (χ2n) is 4.30. The van der Waals surface area contributed by atoms with E-state index in [1.807, 2.05) is 38.1 Å². The number of nitrogens with one attached hydrogen (secondary N) is 1. The van der Waals surface area contributed by atoms with Gasteiger partial charge in [0.05, 0.1) is 27.6 Å². The first-order valence-corrected chi connectivity index (χ1v) is 9.70. The first-order chi connectivity index (χ1) is 10.5. The van der Waals surface area contributed by atoms with E-state index < -0.39 is 10.8 Å². The number of hydrogen-bond donors (Lipinski definition) is 3.